The second-order valence-electron chi connectivity index (χ2n) is 7.88. The van der Waals surface area contributed by atoms with Crippen molar-refractivity contribution in [2.45, 2.75) is 59.2 Å². The number of allylic oxidation sites excluding steroid dienone is 2. The molecule has 136 valence electrons. The van der Waals surface area contributed by atoms with Crippen molar-refractivity contribution in [3.63, 3.8) is 0 Å². The van der Waals surface area contributed by atoms with E-state index >= 15 is 0 Å². The van der Waals surface area contributed by atoms with Crippen LogP contribution in [0.4, 0.5) is 4.79 Å². The highest BCUT2D eigenvalue weighted by molar-refractivity contribution is 6.74. The Bertz CT molecular complexity index is 532. The van der Waals surface area contributed by atoms with E-state index in [1.807, 2.05) is 19.3 Å². The van der Waals surface area contributed by atoms with Crippen molar-refractivity contribution in [1.82, 2.24) is 4.90 Å². The highest BCUT2D eigenvalue weighted by Gasteiger charge is 2.38. The molecule has 1 saturated heterocycles. The number of hydrogen-bond donors (Lipinski definition) is 0. The van der Waals surface area contributed by atoms with Crippen molar-refractivity contribution < 1.29 is 18.8 Å². The van der Waals surface area contributed by atoms with E-state index in [2.05, 4.69) is 40.8 Å². The maximum atomic E-state index is 11.9. The van der Waals surface area contributed by atoms with Crippen LogP contribution in [-0.4, -0.2) is 38.4 Å². The zero-order chi connectivity index (χ0) is 18.5. The Morgan fingerprint density at radius 2 is 2.04 bits per heavy atom. The van der Waals surface area contributed by atoms with Crippen LogP contribution < -0.4 is 0 Å². The fraction of sp³-hybridized carbons (Fsp3) is 0.667. The molecule has 0 aromatic carbocycles. The molecule has 0 spiro atoms. The van der Waals surface area contributed by atoms with Crippen molar-refractivity contribution in [1.29, 1.82) is 0 Å². The van der Waals surface area contributed by atoms with Crippen molar-refractivity contribution in [2.75, 3.05) is 13.2 Å². The Balaban J connectivity index is 2.53. The molecule has 6 heteroatoms. The highest BCUT2D eigenvalue weighted by atomic mass is 28.4. The predicted octanol–water partition coefficient (Wildman–Crippen LogP) is 4.47. The molecule has 0 saturated carbocycles. The summed E-state index contributed by atoms with van der Waals surface area (Å²) >= 11 is 0. The van der Waals surface area contributed by atoms with E-state index in [0.717, 1.165) is 16.9 Å². The maximum absolute atomic E-state index is 11.9. The van der Waals surface area contributed by atoms with E-state index in [9.17, 15) is 9.59 Å². The number of cyclic esters (lactones) is 1. The van der Waals surface area contributed by atoms with Gasteiger partial charge in [-0.2, -0.15) is 0 Å². The largest absolute Gasteiger partial charge is 0.549 e. The predicted molar refractivity (Wildman–Crippen MR) is 98.0 cm³/mol. The first kappa shape index (κ1) is 20.5. The molecular formula is C18H31NO4Si. The summed E-state index contributed by atoms with van der Waals surface area (Å²) in [5.74, 6) is -0.0480. The van der Waals surface area contributed by atoms with Gasteiger partial charge in [-0.1, -0.05) is 33.8 Å². The van der Waals surface area contributed by atoms with Crippen molar-refractivity contribution in [3.8, 4) is 0 Å². The summed E-state index contributed by atoms with van der Waals surface area (Å²) in [6.07, 6.45) is 5.30. The van der Waals surface area contributed by atoms with Gasteiger partial charge in [0.1, 0.15) is 6.61 Å². The van der Waals surface area contributed by atoms with Gasteiger partial charge in [0, 0.05) is 0 Å². The molecule has 1 rings (SSSR count). The lowest BCUT2D eigenvalue weighted by Crippen LogP contribution is -2.39. The maximum Gasteiger partial charge on any atom is 0.416 e. The lowest BCUT2D eigenvalue weighted by Gasteiger charge is -2.35. The van der Waals surface area contributed by atoms with E-state index in [4.69, 9.17) is 9.16 Å². The SMILES string of the molecule is C/C(=C\O[Si](C)(C)C(C)(C)C)[C@H](C)C/C=C\C(=O)N1CCOC1=O. The lowest BCUT2D eigenvalue weighted by molar-refractivity contribution is -0.122. The number of carbonyl (C=O) groups excluding carboxylic acids is 2. The zero-order valence-electron chi connectivity index (χ0n) is 16.0. The van der Waals surface area contributed by atoms with E-state index in [1.54, 1.807) is 0 Å². The van der Waals surface area contributed by atoms with Gasteiger partial charge in [0.05, 0.1) is 12.8 Å². The molecule has 1 heterocycles. The average molecular weight is 354 g/mol. The molecule has 1 aliphatic heterocycles. The molecular weight excluding hydrogens is 322 g/mol. The Kier molecular flexibility index (Phi) is 6.83. The Labute approximate surface area is 146 Å². The van der Waals surface area contributed by atoms with E-state index in [1.165, 1.54) is 6.08 Å². The van der Waals surface area contributed by atoms with E-state index in [-0.39, 0.29) is 23.5 Å². The molecule has 0 N–H and O–H groups in total. The van der Waals surface area contributed by atoms with Crippen LogP contribution in [0.15, 0.2) is 24.0 Å². The van der Waals surface area contributed by atoms with Crippen LogP contribution in [-0.2, 0) is 14.0 Å². The Hall–Kier alpha value is -1.56. The van der Waals surface area contributed by atoms with Gasteiger partial charge in [0.2, 0.25) is 8.32 Å². The molecule has 0 radical (unpaired) electrons. The van der Waals surface area contributed by atoms with Crippen LogP contribution in [0.25, 0.3) is 0 Å². The molecule has 1 aliphatic rings. The second-order valence-corrected chi connectivity index (χ2v) is 12.6. The Morgan fingerprint density at radius 3 is 2.54 bits per heavy atom. The summed E-state index contributed by atoms with van der Waals surface area (Å²) in [6, 6.07) is 0. The number of rotatable bonds is 6. The topological polar surface area (TPSA) is 55.8 Å². The minimum atomic E-state index is -1.79. The molecule has 1 atom stereocenters. The Morgan fingerprint density at radius 1 is 1.42 bits per heavy atom. The summed E-state index contributed by atoms with van der Waals surface area (Å²) in [7, 11) is -1.79. The van der Waals surface area contributed by atoms with Gasteiger partial charge in [0.15, 0.2) is 0 Å². The van der Waals surface area contributed by atoms with Crippen LogP contribution in [0.5, 0.6) is 0 Å². The third-order valence-corrected chi connectivity index (χ3v) is 9.22. The average Bonchev–Trinajstić information content (AvgIpc) is 2.89. The first-order valence-electron chi connectivity index (χ1n) is 8.45. The summed E-state index contributed by atoms with van der Waals surface area (Å²) in [5, 5.41) is 0.170. The monoisotopic (exact) mass is 353 g/mol. The minimum Gasteiger partial charge on any atom is -0.549 e. The number of ether oxygens (including phenoxy) is 1. The molecule has 0 unspecified atom stereocenters. The van der Waals surface area contributed by atoms with Crippen LogP contribution in [0.2, 0.25) is 18.1 Å². The van der Waals surface area contributed by atoms with E-state index < -0.39 is 14.4 Å². The number of carbonyl (C=O) groups is 2. The summed E-state index contributed by atoms with van der Waals surface area (Å²) < 4.78 is 10.9. The first-order chi connectivity index (χ1) is 11.0. The highest BCUT2D eigenvalue weighted by Crippen LogP contribution is 2.37. The molecule has 0 bridgehead atoms. The third kappa shape index (κ3) is 5.51. The van der Waals surface area contributed by atoms with Gasteiger partial charge in [-0.05, 0) is 49.0 Å². The number of imide groups is 1. The van der Waals surface area contributed by atoms with Crippen LogP contribution in [0.1, 0.15) is 41.0 Å². The third-order valence-electron chi connectivity index (χ3n) is 4.90. The normalized spacial score (nSPS) is 18.0. The second kappa shape index (κ2) is 8.01. The smallest absolute Gasteiger partial charge is 0.416 e. The molecule has 0 aliphatic carbocycles. The van der Waals surface area contributed by atoms with Gasteiger partial charge in [-0.25, -0.2) is 9.69 Å². The first-order valence-corrected chi connectivity index (χ1v) is 11.4. The summed E-state index contributed by atoms with van der Waals surface area (Å²) in [5.41, 5.74) is 1.15. The summed E-state index contributed by atoms with van der Waals surface area (Å²) in [6.45, 7) is 15.8. The molecule has 24 heavy (non-hydrogen) atoms. The quantitative estimate of drug-likeness (QED) is 0.401. The standard InChI is InChI=1S/C18H31NO4Si/c1-14(15(2)13-23-24(6,7)18(3,4)5)9-8-10-16(20)19-11-12-22-17(19)21/h8,10,13-14H,9,11-12H2,1-7H3/b10-8-,15-13+/t14-/m1/s1. The summed E-state index contributed by atoms with van der Waals surface area (Å²) in [4.78, 5) is 24.3. The van der Waals surface area contributed by atoms with Gasteiger partial charge < -0.3 is 9.16 Å². The minimum absolute atomic E-state index is 0.170. The number of amides is 2. The molecule has 5 nitrogen and oxygen atoms in total. The van der Waals surface area contributed by atoms with E-state index in [0.29, 0.717) is 6.54 Å². The van der Waals surface area contributed by atoms with Crippen molar-refractivity contribution in [3.05, 3.63) is 24.0 Å². The number of nitrogens with zero attached hydrogens (tertiary/aromatic N) is 1. The molecule has 2 amide bonds. The fourth-order valence-electron chi connectivity index (χ4n) is 1.78. The molecule has 0 aromatic heterocycles. The van der Waals surface area contributed by atoms with Crippen molar-refractivity contribution in [2.24, 2.45) is 5.92 Å². The molecule has 0 aromatic rings. The van der Waals surface area contributed by atoms with Gasteiger partial charge in [-0.3, -0.25) is 4.79 Å². The van der Waals surface area contributed by atoms with Crippen LogP contribution in [0, 0.1) is 5.92 Å². The fourth-order valence-corrected chi connectivity index (χ4v) is 2.61. The van der Waals surface area contributed by atoms with Crippen LogP contribution >= 0.6 is 0 Å². The van der Waals surface area contributed by atoms with Gasteiger partial charge in [0.25, 0.3) is 5.91 Å². The van der Waals surface area contributed by atoms with Crippen LogP contribution in [0.3, 0.4) is 0 Å². The van der Waals surface area contributed by atoms with Gasteiger partial charge in [-0.15, -0.1) is 0 Å². The lowest BCUT2D eigenvalue weighted by atomic mass is 10.00. The van der Waals surface area contributed by atoms with Gasteiger partial charge >= 0.3 is 6.09 Å². The molecule has 1 fully saturated rings. The zero-order valence-corrected chi connectivity index (χ0v) is 17.0. The van der Waals surface area contributed by atoms with Crippen molar-refractivity contribution >= 4 is 20.3 Å². The number of hydrogen-bond acceptors (Lipinski definition) is 4.